The number of aryl methyl sites for hydroxylation is 1. The van der Waals surface area contributed by atoms with E-state index in [0.29, 0.717) is 24.0 Å². The molecule has 0 aliphatic carbocycles. The summed E-state index contributed by atoms with van der Waals surface area (Å²) in [5.41, 5.74) is 0. The maximum atomic E-state index is 12.3. The summed E-state index contributed by atoms with van der Waals surface area (Å²) in [5, 5.41) is 0.609. The Morgan fingerprint density at radius 1 is 1.55 bits per heavy atom. The Labute approximate surface area is 125 Å². The molecular weight excluding hydrogens is 276 g/mol. The van der Waals surface area contributed by atoms with E-state index in [1.807, 2.05) is 16.5 Å². The maximum absolute atomic E-state index is 12.3. The lowest BCUT2D eigenvalue weighted by atomic mass is 10.0. The normalized spacial score (nSPS) is 19.6. The van der Waals surface area contributed by atoms with Crippen molar-refractivity contribution in [2.75, 3.05) is 27.2 Å². The molecule has 6 heteroatoms. The molecule has 1 saturated heterocycles. The number of carbonyl (C=O) groups excluding carboxylic acids is 1. The van der Waals surface area contributed by atoms with Crippen LogP contribution in [0.4, 0.5) is 0 Å². The SMILES string of the molecule is CN(C)[C@@H]1CCCN(C(=O)CCc2ncc(Cl)n2C)C1. The third-order valence-electron chi connectivity index (χ3n) is 4.07. The van der Waals surface area contributed by atoms with Crippen molar-refractivity contribution in [3.63, 3.8) is 0 Å². The first-order valence-electron chi connectivity index (χ1n) is 7.09. The smallest absolute Gasteiger partial charge is 0.223 e. The van der Waals surface area contributed by atoms with Crippen molar-refractivity contribution < 1.29 is 4.79 Å². The minimum Gasteiger partial charge on any atom is -0.341 e. The molecule has 112 valence electrons. The molecule has 0 bridgehead atoms. The van der Waals surface area contributed by atoms with Gasteiger partial charge in [0.15, 0.2) is 0 Å². The van der Waals surface area contributed by atoms with Gasteiger partial charge in [-0.3, -0.25) is 4.79 Å². The first-order valence-corrected chi connectivity index (χ1v) is 7.47. The van der Waals surface area contributed by atoms with E-state index in [9.17, 15) is 4.79 Å². The molecule has 1 atom stereocenters. The molecule has 20 heavy (non-hydrogen) atoms. The van der Waals surface area contributed by atoms with Crippen molar-refractivity contribution in [1.82, 2.24) is 19.4 Å². The molecule has 0 radical (unpaired) electrons. The van der Waals surface area contributed by atoms with E-state index in [0.717, 1.165) is 25.3 Å². The Balaban J connectivity index is 1.87. The first-order chi connectivity index (χ1) is 9.49. The zero-order valence-electron chi connectivity index (χ0n) is 12.5. The number of hydrogen-bond donors (Lipinski definition) is 0. The van der Waals surface area contributed by atoms with Crippen molar-refractivity contribution in [1.29, 1.82) is 0 Å². The topological polar surface area (TPSA) is 41.4 Å². The largest absolute Gasteiger partial charge is 0.341 e. The van der Waals surface area contributed by atoms with Crippen LogP contribution in [-0.2, 0) is 18.3 Å². The minimum absolute atomic E-state index is 0.218. The lowest BCUT2D eigenvalue weighted by Crippen LogP contribution is -2.47. The van der Waals surface area contributed by atoms with E-state index in [1.54, 1.807) is 6.20 Å². The molecule has 0 N–H and O–H groups in total. The number of halogens is 1. The summed E-state index contributed by atoms with van der Waals surface area (Å²) in [6.45, 7) is 1.72. The van der Waals surface area contributed by atoms with Crippen molar-refractivity contribution in [3.8, 4) is 0 Å². The lowest BCUT2D eigenvalue weighted by Gasteiger charge is -2.36. The van der Waals surface area contributed by atoms with Crippen LogP contribution in [0.2, 0.25) is 5.15 Å². The predicted molar refractivity (Wildman–Crippen MR) is 79.8 cm³/mol. The molecule has 1 aromatic heterocycles. The molecule has 0 spiro atoms. The fourth-order valence-corrected chi connectivity index (χ4v) is 2.78. The number of amides is 1. The average molecular weight is 299 g/mol. The number of likely N-dealkylation sites (tertiary alicyclic amines) is 1. The van der Waals surface area contributed by atoms with Crippen LogP contribution >= 0.6 is 11.6 Å². The molecule has 0 unspecified atom stereocenters. The highest BCUT2D eigenvalue weighted by molar-refractivity contribution is 6.29. The van der Waals surface area contributed by atoms with Crippen LogP contribution in [0.25, 0.3) is 0 Å². The molecule has 1 aliphatic rings. The number of carbonyl (C=O) groups is 1. The quantitative estimate of drug-likeness (QED) is 0.847. The van der Waals surface area contributed by atoms with Gasteiger partial charge in [0, 0.05) is 39.0 Å². The molecule has 1 aliphatic heterocycles. The number of piperidine rings is 1. The van der Waals surface area contributed by atoms with Gasteiger partial charge < -0.3 is 14.4 Å². The van der Waals surface area contributed by atoms with E-state index >= 15 is 0 Å². The molecule has 0 aromatic carbocycles. The second-order valence-corrected chi connectivity index (χ2v) is 6.04. The van der Waals surface area contributed by atoms with Crippen LogP contribution in [0.15, 0.2) is 6.20 Å². The summed E-state index contributed by atoms with van der Waals surface area (Å²) in [5.74, 6) is 1.08. The lowest BCUT2D eigenvalue weighted by molar-refractivity contribution is -0.133. The van der Waals surface area contributed by atoms with Crippen LogP contribution in [0.1, 0.15) is 25.1 Å². The average Bonchev–Trinajstić information content (AvgIpc) is 2.76. The molecular formula is C14H23ClN4O. The second-order valence-electron chi connectivity index (χ2n) is 5.66. The second kappa shape index (κ2) is 6.59. The van der Waals surface area contributed by atoms with Crippen LogP contribution in [0, 0.1) is 0 Å². The van der Waals surface area contributed by atoms with Gasteiger partial charge in [-0.1, -0.05) is 11.6 Å². The first kappa shape index (κ1) is 15.3. The third kappa shape index (κ3) is 3.52. The van der Waals surface area contributed by atoms with Gasteiger partial charge in [-0.05, 0) is 26.9 Å². The minimum atomic E-state index is 0.218. The molecule has 2 heterocycles. The van der Waals surface area contributed by atoms with Gasteiger partial charge in [-0.2, -0.15) is 0 Å². The highest BCUT2D eigenvalue weighted by Crippen LogP contribution is 2.16. The van der Waals surface area contributed by atoms with Crippen molar-refractivity contribution >= 4 is 17.5 Å². The summed E-state index contributed by atoms with van der Waals surface area (Å²) in [4.78, 5) is 20.7. The van der Waals surface area contributed by atoms with Gasteiger partial charge in [-0.25, -0.2) is 4.98 Å². The van der Waals surface area contributed by atoms with Gasteiger partial charge in [0.25, 0.3) is 0 Å². The zero-order chi connectivity index (χ0) is 14.7. The number of nitrogens with zero attached hydrogens (tertiary/aromatic N) is 4. The fourth-order valence-electron chi connectivity index (χ4n) is 2.64. The summed E-state index contributed by atoms with van der Waals surface area (Å²) in [6, 6.07) is 0.482. The fraction of sp³-hybridized carbons (Fsp3) is 0.714. The number of hydrogen-bond acceptors (Lipinski definition) is 3. The van der Waals surface area contributed by atoms with Gasteiger partial charge in [0.2, 0.25) is 5.91 Å². The van der Waals surface area contributed by atoms with E-state index in [-0.39, 0.29) is 5.91 Å². The Bertz CT molecular complexity index is 472. The van der Waals surface area contributed by atoms with Crippen LogP contribution in [-0.4, -0.2) is 58.5 Å². The van der Waals surface area contributed by atoms with E-state index in [1.165, 1.54) is 6.42 Å². The van der Waals surface area contributed by atoms with Gasteiger partial charge in [0.1, 0.15) is 11.0 Å². The molecule has 1 amide bonds. The molecule has 0 saturated carbocycles. The number of likely N-dealkylation sites (N-methyl/N-ethyl adjacent to an activating group) is 1. The summed E-state index contributed by atoms with van der Waals surface area (Å²) >= 11 is 5.95. The van der Waals surface area contributed by atoms with E-state index in [2.05, 4.69) is 24.0 Å². The Hall–Kier alpha value is -1.07. The molecule has 2 rings (SSSR count). The standard InChI is InChI=1S/C14H23ClN4O/c1-17(2)11-5-4-8-19(10-11)14(20)7-6-13-16-9-12(15)18(13)3/h9,11H,4-8,10H2,1-3H3/t11-/m1/s1. The Morgan fingerprint density at radius 3 is 2.90 bits per heavy atom. The van der Waals surface area contributed by atoms with Crippen molar-refractivity contribution in [3.05, 3.63) is 17.2 Å². The van der Waals surface area contributed by atoms with E-state index in [4.69, 9.17) is 11.6 Å². The van der Waals surface area contributed by atoms with Crippen LogP contribution in [0.3, 0.4) is 0 Å². The predicted octanol–water partition coefficient (Wildman–Crippen LogP) is 1.56. The maximum Gasteiger partial charge on any atom is 0.223 e. The molecule has 1 fully saturated rings. The van der Waals surface area contributed by atoms with Gasteiger partial charge >= 0.3 is 0 Å². The van der Waals surface area contributed by atoms with Crippen LogP contribution < -0.4 is 0 Å². The molecule has 5 nitrogen and oxygen atoms in total. The monoisotopic (exact) mass is 298 g/mol. The van der Waals surface area contributed by atoms with E-state index < -0.39 is 0 Å². The Kier molecular flexibility index (Phi) is 5.05. The van der Waals surface area contributed by atoms with Crippen LogP contribution in [0.5, 0.6) is 0 Å². The van der Waals surface area contributed by atoms with Gasteiger partial charge in [-0.15, -0.1) is 0 Å². The molecule has 1 aromatic rings. The number of rotatable bonds is 4. The third-order valence-corrected chi connectivity index (χ3v) is 4.42. The van der Waals surface area contributed by atoms with Crippen molar-refractivity contribution in [2.24, 2.45) is 7.05 Å². The highest BCUT2D eigenvalue weighted by atomic mass is 35.5. The zero-order valence-corrected chi connectivity index (χ0v) is 13.2. The highest BCUT2D eigenvalue weighted by Gasteiger charge is 2.24. The number of imidazole rings is 1. The summed E-state index contributed by atoms with van der Waals surface area (Å²) in [7, 11) is 6.03. The summed E-state index contributed by atoms with van der Waals surface area (Å²) < 4.78 is 1.83. The number of aromatic nitrogens is 2. The van der Waals surface area contributed by atoms with Gasteiger partial charge in [0.05, 0.1) is 6.20 Å². The Morgan fingerprint density at radius 2 is 2.30 bits per heavy atom. The van der Waals surface area contributed by atoms with Crippen molar-refractivity contribution in [2.45, 2.75) is 31.7 Å². The summed E-state index contributed by atoms with van der Waals surface area (Å²) in [6.07, 6.45) is 5.03.